The molecule has 0 fully saturated rings. The molecule has 1 atom stereocenters. The average molecular weight is 257 g/mol. The van der Waals surface area contributed by atoms with Crippen LogP contribution in [0, 0.1) is 11.3 Å². The van der Waals surface area contributed by atoms with Gasteiger partial charge in [0, 0.05) is 25.7 Å². The fourth-order valence-corrected chi connectivity index (χ4v) is 2.13. The Morgan fingerprint density at radius 3 is 3.05 bits per heavy atom. The summed E-state index contributed by atoms with van der Waals surface area (Å²) in [4.78, 5) is 6.49. The summed E-state index contributed by atoms with van der Waals surface area (Å²) in [5, 5.41) is 8.80. The molecular formula is C15H19N3O. The number of hydrogen-bond donors (Lipinski definition) is 0. The highest BCUT2D eigenvalue weighted by atomic mass is 16.5. The molecule has 1 aliphatic rings. The zero-order valence-corrected chi connectivity index (χ0v) is 11.5. The van der Waals surface area contributed by atoms with Gasteiger partial charge < -0.3 is 4.74 Å². The number of ether oxygens (including phenoxy) is 1. The van der Waals surface area contributed by atoms with Gasteiger partial charge in [-0.15, -0.1) is 0 Å². The molecule has 1 unspecified atom stereocenters. The van der Waals surface area contributed by atoms with E-state index in [1.807, 2.05) is 13.0 Å². The van der Waals surface area contributed by atoms with E-state index in [1.54, 1.807) is 18.2 Å². The molecular weight excluding hydrogens is 238 g/mol. The summed E-state index contributed by atoms with van der Waals surface area (Å²) in [6.45, 7) is 7.16. The monoisotopic (exact) mass is 257 g/mol. The minimum absolute atomic E-state index is 0.0632. The number of pyridine rings is 1. The highest BCUT2D eigenvalue weighted by Gasteiger charge is 2.14. The molecule has 0 spiro atoms. The summed E-state index contributed by atoms with van der Waals surface area (Å²) in [6.07, 6.45) is 3.47. The molecule has 2 rings (SSSR count). The summed E-state index contributed by atoms with van der Waals surface area (Å²) in [6, 6.07) is 7.28. The maximum Gasteiger partial charge on any atom is 0.214 e. The Balaban J connectivity index is 1.87. The van der Waals surface area contributed by atoms with E-state index < -0.39 is 0 Å². The SMILES string of the molecule is CC1=CCN(CC(C)Oc2cccc(C#N)n2)CC1. The van der Waals surface area contributed by atoms with Crippen LogP contribution in [0.25, 0.3) is 0 Å². The van der Waals surface area contributed by atoms with Crippen molar-refractivity contribution in [3.63, 3.8) is 0 Å². The van der Waals surface area contributed by atoms with Crippen LogP contribution in [0.5, 0.6) is 5.88 Å². The van der Waals surface area contributed by atoms with Crippen LogP contribution in [0.2, 0.25) is 0 Å². The van der Waals surface area contributed by atoms with Gasteiger partial charge in [-0.05, 0) is 26.3 Å². The van der Waals surface area contributed by atoms with Gasteiger partial charge in [0.2, 0.25) is 5.88 Å². The van der Waals surface area contributed by atoms with E-state index in [-0.39, 0.29) is 6.10 Å². The van der Waals surface area contributed by atoms with Gasteiger partial charge in [-0.2, -0.15) is 5.26 Å². The first-order valence-corrected chi connectivity index (χ1v) is 6.59. The molecule has 19 heavy (non-hydrogen) atoms. The lowest BCUT2D eigenvalue weighted by molar-refractivity contribution is 0.146. The van der Waals surface area contributed by atoms with Gasteiger partial charge in [-0.25, -0.2) is 4.98 Å². The van der Waals surface area contributed by atoms with Crippen LogP contribution in [0.15, 0.2) is 29.8 Å². The van der Waals surface area contributed by atoms with Crippen molar-refractivity contribution < 1.29 is 4.74 Å². The second-order valence-electron chi connectivity index (χ2n) is 4.96. The number of nitriles is 1. The molecule has 1 aromatic rings. The smallest absolute Gasteiger partial charge is 0.214 e. The fourth-order valence-electron chi connectivity index (χ4n) is 2.13. The Labute approximate surface area is 114 Å². The molecule has 1 aromatic heterocycles. The van der Waals surface area contributed by atoms with E-state index in [0.29, 0.717) is 11.6 Å². The normalized spacial score (nSPS) is 17.4. The van der Waals surface area contributed by atoms with Crippen molar-refractivity contribution in [1.82, 2.24) is 9.88 Å². The topological polar surface area (TPSA) is 49.1 Å². The quantitative estimate of drug-likeness (QED) is 0.777. The average Bonchev–Trinajstić information content (AvgIpc) is 2.41. The van der Waals surface area contributed by atoms with E-state index in [2.05, 4.69) is 22.9 Å². The molecule has 0 N–H and O–H groups in total. The van der Waals surface area contributed by atoms with Gasteiger partial charge in [0.25, 0.3) is 0 Å². The number of hydrogen-bond acceptors (Lipinski definition) is 4. The van der Waals surface area contributed by atoms with E-state index in [0.717, 1.165) is 26.1 Å². The Morgan fingerprint density at radius 1 is 1.53 bits per heavy atom. The minimum atomic E-state index is 0.0632. The van der Waals surface area contributed by atoms with E-state index in [9.17, 15) is 0 Å². The predicted molar refractivity (Wildman–Crippen MR) is 73.9 cm³/mol. The molecule has 0 aromatic carbocycles. The summed E-state index contributed by atoms with van der Waals surface area (Å²) >= 11 is 0. The highest BCUT2D eigenvalue weighted by molar-refractivity contribution is 5.24. The first-order valence-electron chi connectivity index (χ1n) is 6.59. The number of aromatic nitrogens is 1. The lowest BCUT2D eigenvalue weighted by Gasteiger charge is -2.27. The van der Waals surface area contributed by atoms with Crippen molar-refractivity contribution in [3.8, 4) is 11.9 Å². The third kappa shape index (κ3) is 4.08. The highest BCUT2D eigenvalue weighted by Crippen LogP contribution is 2.13. The largest absolute Gasteiger partial charge is 0.473 e. The molecule has 2 heterocycles. The first-order chi connectivity index (χ1) is 9.17. The van der Waals surface area contributed by atoms with Gasteiger partial charge in [-0.1, -0.05) is 17.7 Å². The molecule has 0 aliphatic carbocycles. The van der Waals surface area contributed by atoms with Crippen LogP contribution in [0.1, 0.15) is 26.0 Å². The molecule has 100 valence electrons. The lowest BCUT2D eigenvalue weighted by atomic mass is 10.1. The fraction of sp³-hybridized carbons (Fsp3) is 0.467. The Kier molecular flexibility index (Phi) is 4.53. The molecule has 1 aliphatic heterocycles. The van der Waals surface area contributed by atoms with Crippen molar-refractivity contribution in [3.05, 3.63) is 35.5 Å². The van der Waals surface area contributed by atoms with E-state index in [4.69, 9.17) is 10.00 Å². The summed E-state index contributed by atoms with van der Waals surface area (Å²) in [7, 11) is 0. The van der Waals surface area contributed by atoms with Gasteiger partial charge in [0.15, 0.2) is 0 Å². The molecule has 0 saturated carbocycles. The third-order valence-corrected chi connectivity index (χ3v) is 3.20. The Morgan fingerprint density at radius 2 is 2.37 bits per heavy atom. The molecule has 0 bridgehead atoms. The van der Waals surface area contributed by atoms with Crippen LogP contribution >= 0.6 is 0 Å². The second-order valence-corrected chi connectivity index (χ2v) is 4.96. The molecule has 0 amide bonds. The number of rotatable bonds is 4. The minimum Gasteiger partial charge on any atom is -0.473 e. The van der Waals surface area contributed by atoms with E-state index in [1.165, 1.54) is 5.57 Å². The van der Waals surface area contributed by atoms with Crippen molar-refractivity contribution in [2.24, 2.45) is 0 Å². The first kappa shape index (κ1) is 13.6. The maximum atomic E-state index is 8.80. The second kappa shape index (κ2) is 6.35. The zero-order chi connectivity index (χ0) is 13.7. The predicted octanol–water partition coefficient (Wildman–Crippen LogP) is 2.37. The van der Waals surface area contributed by atoms with Crippen LogP contribution < -0.4 is 4.74 Å². The Bertz CT molecular complexity index is 504. The van der Waals surface area contributed by atoms with Crippen molar-refractivity contribution in [2.75, 3.05) is 19.6 Å². The number of nitrogens with zero attached hydrogens (tertiary/aromatic N) is 3. The lowest BCUT2D eigenvalue weighted by Crippen LogP contribution is -2.36. The van der Waals surface area contributed by atoms with Crippen LogP contribution in [0.4, 0.5) is 0 Å². The van der Waals surface area contributed by atoms with Crippen molar-refractivity contribution >= 4 is 0 Å². The molecule has 4 heteroatoms. The van der Waals surface area contributed by atoms with Crippen LogP contribution in [-0.2, 0) is 0 Å². The Hall–Kier alpha value is -1.86. The summed E-state index contributed by atoms with van der Waals surface area (Å²) in [5.41, 5.74) is 1.86. The molecule has 0 saturated heterocycles. The van der Waals surface area contributed by atoms with Crippen LogP contribution in [-0.4, -0.2) is 35.6 Å². The third-order valence-electron chi connectivity index (χ3n) is 3.20. The van der Waals surface area contributed by atoms with E-state index >= 15 is 0 Å². The van der Waals surface area contributed by atoms with Gasteiger partial charge in [0.05, 0.1) is 0 Å². The molecule has 0 radical (unpaired) electrons. The zero-order valence-electron chi connectivity index (χ0n) is 11.5. The standard InChI is InChI=1S/C15H19N3O/c1-12-6-8-18(9-7-12)11-13(2)19-15-5-3-4-14(10-16)17-15/h3-6,13H,7-9,11H2,1-2H3. The van der Waals surface area contributed by atoms with Crippen molar-refractivity contribution in [2.45, 2.75) is 26.4 Å². The van der Waals surface area contributed by atoms with Crippen molar-refractivity contribution in [1.29, 1.82) is 5.26 Å². The maximum absolute atomic E-state index is 8.80. The van der Waals surface area contributed by atoms with Gasteiger partial charge in [0.1, 0.15) is 17.9 Å². The van der Waals surface area contributed by atoms with Crippen LogP contribution in [0.3, 0.4) is 0 Å². The molecule has 4 nitrogen and oxygen atoms in total. The van der Waals surface area contributed by atoms with Gasteiger partial charge in [-0.3, -0.25) is 4.90 Å². The van der Waals surface area contributed by atoms with Gasteiger partial charge >= 0.3 is 0 Å². The summed E-state index contributed by atoms with van der Waals surface area (Å²) in [5.74, 6) is 0.523. The summed E-state index contributed by atoms with van der Waals surface area (Å²) < 4.78 is 5.76.